The zero-order valence-electron chi connectivity index (χ0n) is 11.6. The lowest BCUT2D eigenvalue weighted by Crippen LogP contribution is -2.40. The van der Waals surface area contributed by atoms with Crippen molar-refractivity contribution in [3.63, 3.8) is 0 Å². The predicted molar refractivity (Wildman–Crippen MR) is 74.2 cm³/mol. The molecule has 2 bridgehead atoms. The van der Waals surface area contributed by atoms with Gasteiger partial charge in [-0.05, 0) is 43.7 Å². The molecular formula is C16H20N2O2. The van der Waals surface area contributed by atoms with Crippen molar-refractivity contribution in [2.45, 2.75) is 37.8 Å². The van der Waals surface area contributed by atoms with Crippen LogP contribution in [-0.4, -0.2) is 41.1 Å². The second kappa shape index (κ2) is 4.85. The highest BCUT2D eigenvalue weighted by atomic mass is 16.5. The van der Waals surface area contributed by atoms with Crippen LogP contribution in [0.2, 0.25) is 0 Å². The van der Waals surface area contributed by atoms with Gasteiger partial charge in [0, 0.05) is 31.5 Å². The second-order valence-electron chi connectivity index (χ2n) is 6.35. The first kappa shape index (κ1) is 12.3. The average molecular weight is 272 g/mol. The molecule has 106 valence electrons. The van der Waals surface area contributed by atoms with Gasteiger partial charge in [-0.2, -0.15) is 0 Å². The summed E-state index contributed by atoms with van der Waals surface area (Å²) in [5.41, 5.74) is 0.695. The Morgan fingerprint density at radius 1 is 1.35 bits per heavy atom. The van der Waals surface area contributed by atoms with Crippen LogP contribution in [0, 0.1) is 11.8 Å². The van der Waals surface area contributed by atoms with Gasteiger partial charge < -0.3 is 9.64 Å². The lowest BCUT2D eigenvalue weighted by atomic mass is 10.1. The minimum Gasteiger partial charge on any atom is -0.375 e. The molecule has 2 saturated carbocycles. The molecule has 0 spiro atoms. The summed E-state index contributed by atoms with van der Waals surface area (Å²) in [4.78, 5) is 18.6. The molecule has 3 aliphatic rings. The third kappa shape index (κ3) is 2.12. The van der Waals surface area contributed by atoms with Crippen molar-refractivity contribution in [2.24, 2.45) is 11.8 Å². The molecular weight excluding hydrogens is 252 g/mol. The van der Waals surface area contributed by atoms with Gasteiger partial charge in [0.25, 0.3) is 5.91 Å². The fourth-order valence-electron chi connectivity index (χ4n) is 3.61. The number of nitrogens with zero attached hydrogens (tertiary/aromatic N) is 2. The van der Waals surface area contributed by atoms with Gasteiger partial charge in [-0.3, -0.25) is 9.78 Å². The molecule has 0 unspecified atom stereocenters. The summed E-state index contributed by atoms with van der Waals surface area (Å²) in [6.07, 6.45) is 8.57. The zero-order valence-corrected chi connectivity index (χ0v) is 11.6. The Morgan fingerprint density at radius 3 is 3.00 bits per heavy atom. The van der Waals surface area contributed by atoms with Crippen LogP contribution in [0.1, 0.15) is 36.0 Å². The molecule has 2 aliphatic carbocycles. The number of hydrogen-bond acceptors (Lipinski definition) is 3. The Bertz CT molecular complexity index is 500. The van der Waals surface area contributed by atoms with Gasteiger partial charge in [-0.25, -0.2) is 0 Å². The number of likely N-dealkylation sites (tertiary alicyclic amines) is 1. The van der Waals surface area contributed by atoms with Crippen molar-refractivity contribution in [1.82, 2.24) is 9.88 Å². The number of fused-ring (bicyclic) bond motifs is 2. The Balaban J connectivity index is 1.46. The van der Waals surface area contributed by atoms with Crippen LogP contribution in [0.3, 0.4) is 0 Å². The van der Waals surface area contributed by atoms with E-state index in [0.717, 1.165) is 25.5 Å². The Hall–Kier alpha value is -1.42. The summed E-state index contributed by atoms with van der Waals surface area (Å²) in [7, 11) is 0. The van der Waals surface area contributed by atoms with E-state index in [1.54, 1.807) is 12.4 Å². The monoisotopic (exact) mass is 272 g/mol. The number of hydrogen-bond donors (Lipinski definition) is 0. The highest BCUT2D eigenvalue weighted by Gasteiger charge is 2.49. The molecule has 0 radical (unpaired) electrons. The van der Waals surface area contributed by atoms with E-state index in [2.05, 4.69) is 4.98 Å². The van der Waals surface area contributed by atoms with E-state index in [9.17, 15) is 4.79 Å². The SMILES string of the molecule is O=C(c1cccnc1)N1C[C@H]2CC[C@H]1[C@@H]2OCC1CC1. The third-order valence-corrected chi connectivity index (χ3v) is 4.90. The summed E-state index contributed by atoms with van der Waals surface area (Å²) in [6, 6.07) is 3.95. The second-order valence-corrected chi connectivity index (χ2v) is 6.35. The number of carbonyl (C=O) groups excluding carboxylic acids is 1. The summed E-state index contributed by atoms with van der Waals surface area (Å²) < 4.78 is 6.12. The van der Waals surface area contributed by atoms with Gasteiger partial charge in [0.2, 0.25) is 0 Å². The van der Waals surface area contributed by atoms with E-state index in [0.29, 0.717) is 11.5 Å². The van der Waals surface area contributed by atoms with E-state index in [1.165, 1.54) is 19.3 Å². The maximum Gasteiger partial charge on any atom is 0.255 e. The topological polar surface area (TPSA) is 42.4 Å². The molecule has 1 aliphatic heterocycles. The van der Waals surface area contributed by atoms with E-state index in [4.69, 9.17) is 4.74 Å². The number of ether oxygens (including phenoxy) is 1. The average Bonchev–Trinajstić information content (AvgIpc) is 3.18. The van der Waals surface area contributed by atoms with Crippen LogP contribution in [0.4, 0.5) is 0 Å². The smallest absolute Gasteiger partial charge is 0.255 e. The number of rotatable bonds is 4. The largest absolute Gasteiger partial charge is 0.375 e. The Kier molecular flexibility index (Phi) is 2.99. The first-order valence-electron chi connectivity index (χ1n) is 7.65. The summed E-state index contributed by atoms with van der Waals surface area (Å²) >= 11 is 0. The number of piperidine rings is 1. The maximum absolute atomic E-state index is 12.6. The van der Waals surface area contributed by atoms with Crippen LogP contribution in [-0.2, 0) is 4.74 Å². The quantitative estimate of drug-likeness (QED) is 0.843. The molecule has 0 aromatic carbocycles. The third-order valence-electron chi connectivity index (χ3n) is 4.90. The summed E-state index contributed by atoms with van der Waals surface area (Å²) in [6.45, 7) is 1.75. The van der Waals surface area contributed by atoms with E-state index in [-0.39, 0.29) is 18.1 Å². The zero-order chi connectivity index (χ0) is 13.5. The fourth-order valence-corrected chi connectivity index (χ4v) is 3.61. The van der Waals surface area contributed by atoms with Crippen LogP contribution >= 0.6 is 0 Å². The van der Waals surface area contributed by atoms with Gasteiger partial charge in [-0.1, -0.05) is 0 Å². The molecule has 4 nitrogen and oxygen atoms in total. The lowest BCUT2D eigenvalue weighted by Gasteiger charge is -2.27. The molecule has 2 heterocycles. The molecule has 3 atom stereocenters. The van der Waals surface area contributed by atoms with Crippen molar-refractivity contribution in [2.75, 3.05) is 13.2 Å². The maximum atomic E-state index is 12.6. The van der Waals surface area contributed by atoms with Gasteiger partial charge in [0.05, 0.1) is 17.7 Å². The lowest BCUT2D eigenvalue weighted by molar-refractivity contribution is 0.0208. The summed E-state index contributed by atoms with van der Waals surface area (Å²) in [5.74, 6) is 1.45. The standard InChI is InChI=1S/C16H20N2O2/c19-16(12-2-1-7-17-8-12)18-9-13-5-6-14(18)15(13)20-10-11-3-4-11/h1-2,7-8,11,13-15H,3-6,9-10H2/t13-,14+,15-/m1/s1. The van der Waals surface area contributed by atoms with Crippen LogP contribution in [0.15, 0.2) is 24.5 Å². The molecule has 1 amide bonds. The van der Waals surface area contributed by atoms with Crippen LogP contribution in [0.25, 0.3) is 0 Å². The summed E-state index contributed by atoms with van der Waals surface area (Å²) in [5, 5.41) is 0. The van der Waals surface area contributed by atoms with Crippen molar-refractivity contribution in [1.29, 1.82) is 0 Å². The van der Waals surface area contributed by atoms with Crippen LogP contribution < -0.4 is 0 Å². The van der Waals surface area contributed by atoms with E-state index >= 15 is 0 Å². The molecule has 1 aromatic heterocycles. The van der Waals surface area contributed by atoms with Crippen LogP contribution in [0.5, 0.6) is 0 Å². The molecule has 1 aromatic rings. The number of carbonyl (C=O) groups is 1. The van der Waals surface area contributed by atoms with Gasteiger partial charge in [-0.15, -0.1) is 0 Å². The van der Waals surface area contributed by atoms with Crippen molar-refractivity contribution in [3.8, 4) is 0 Å². The fraction of sp³-hybridized carbons (Fsp3) is 0.625. The van der Waals surface area contributed by atoms with E-state index < -0.39 is 0 Å². The molecule has 0 N–H and O–H groups in total. The minimum absolute atomic E-state index is 0.116. The minimum atomic E-state index is 0.116. The van der Waals surface area contributed by atoms with Crippen molar-refractivity contribution < 1.29 is 9.53 Å². The first-order valence-corrected chi connectivity index (χ1v) is 7.65. The molecule has 4 rings (SSSR count). The van der Waals surface area contributed by atoms with Crippen molar-refractivity contribution in [3.05, 3.63) is 30.1 Å². The van der Waals surface area contributed by atoms with Gasteiger partial charge >= 0.3 is 0 Å². The normalized spacial score (nSPS) is 31.8. The highest BCUT2D eigenvalue weighted by Crippen LogP contribution is 2.41. The number of pyridine rings is 1. The highest BCUT2D eigenvalue weighted by molar-refractivity contribution is 5.94. The number of aromatic nitrogens is 1. The Morgan fingerprint density at radius 2 is 2.25 bits per heavy atom. The van der Waals surface area contributed by atoms with Gasteiger partial charge in [0.15, 0.2) is 0 Å². The predicted octanol–water partition coefficient (Wildman–Crippen LogP) is 2.11. The first-order chi connectivity index (χ1) is 9.83. The molecule has 3 fully saturated rings. The molecule has 1 saturated heterocycles. The van der Waals surface area contributed by atoms with Crippen molar-refractivity contribution >= 4 is 5.91 Å². The molecule has 20 heavy (non-hydrogen) atoms. The number of amides is 1. The van der Waals surface area contributed by atoms with Gasteiger partial charge in [0.1, 0.15) is 0 Å². The molecule has 4 heteroatoms. The van der Waals surface area contributed by atoms with E-state index in [1.807, 2.05) is 17.0 Å². The Labute approximate surface area is 119 Å².